The zero-order chi connectivity index (χ0) is 8.81. The second-order valence-electron chi connectivity index (χ2n) is 3.59. The molecular formula is C10H19NO. The lowest BCUT2D eigenvalue weighted by Crippen LogP contribution is -2.22. The zero-order valence-electron chi connectivity index (χ0n) is 8.01. The molecule has 0 saturated carbocycles. The van der Waals surface area contributed by atoms with Crippen LogP contribution >= 0.6 is 0 Å². The van der Waals surface area contributed by atoms with E-state index in [1.807, 2.05) is 0 Å². The van der Waals surface area contributed by atoms with E-state index in [2.05, 4.69) is 11.8 Å². The molecule has 0 aromatic carbocycles. The van der Waals surface area contributed by atoms with E-state index in [9.17, 15) is 4.79 Å². The van der Waals surface area contributed by atoms with Gasteiger partial charge in [-0.05, 0) is 32.4 Å². The molecule has 0 unspecified atom stereocenters. The average Bonchev–Trinajstić information content (AvgIpc) is 2.53. The molecular weight excluding hydrogens is 150 g/mol. The van der Waals surface area contributed by atoms with Gasteiger partial charge in [-0.1, -0.05) is 6.92 Å². The van der Waals surface area contributed by atoms with Gasteiger partial charge in [0, 0.05) is 19.4 Å². The summed E-state index contributed by atoms with van der Waals surface area (Å²) in [6.45, 7) is 5.48. The first-order valence-electron chi connectivity index (χ1n) is 5.07. The molecule has 1 aliphatic heterocycles. The number of carbonyl (C=O) groups is 1. The Labute approximate surface area is 74.9 Å². The van der Waals surface area contributed by atoms with Crippen LogP contribution in [0.2, 0.25) is 0 Å². The maximum Gasteiger partial charge on any atom is 0.134 e. The summed E-state index contributed by atoms with van der Waals surface area (Å²) >= 11 is 0. The van der Waals surface area contributed by atoms with Gasteiger partial charge in [0.15, 0.2) is 0 Å². The molecule has 1 rings (SSSR count). The Morgan fingerprint density at radius 3 is 2.50 bits per heavy atom. The molecule has 1 fully saturated rings. The van der Waals surface area contributed by atoms with Crippen LogP contribution < -0.4 is 0 Å². The van der Waals surface area contributed by atoms with Crippen molar-refractivity contribution in [2.75, 3.05) is 19.6 Å². The van der Waals surface area contributed by atoms with Gasteiger partial charge in [-0.2, -0.15) is 0 Å². The Bertz CT molecular complexity index is 139. The summed E-state index contributed by atoms with van der Waals surface area (Å²) in [5.41, 5.74) is 0. The van der Waals surface area contributed by atoms with Crippen LogP contribution in [0.15, 0.2) is 0 Å². The van der Waals surface area contributed by atoms with Gasteiger partial charge in [-0.15, -0.1) is 0 Å². The summed E-state index contributed by atoms with van der Waals surface area (Å²) in [5.74, 6) is 0.435. The minimum Gasteiger partial charge on any atom is -0.303 e. The van der Waals surface area contributed by atoms with Gasteiger partial charge < -0.3 is 4.90 Å². The lowest BCUT2D eigenvalue weighted by Gasteiger charge is -2.12. The minimum atomic E-state index is 0.435. The molecule has 1 heterocycles. The van der Waals surface area contributed by atoms with Crippen molar-refractivity contribution in [3.8, 4) is 0 Å². The van der Waals surface area contributed by atoms with Crippen LogP contribution in [0.3, 0.4) is 0 Å². The standard InChI is InChI=1S/C10H19NO/c1-2-5-10(12)6-9-11-7-3-4-8-11/h2-9H2,1H3. The number of hydrogen-bond donors (Lipinski definition) is 0. The molecule has 2 nitrogen and oxygen atoms in total. The first-order chi connectivity index (χ1) is 5.83. The van der Waals surface area contributed by atoms with Crippen molar-refractivity contribution in [3.05, 3.63) is 0 Å². The molecule has 12 heavy (non-hydrogen) atoms. The summed E-state index contributed by atoms with van der Waals surface area (Å²) in [4.78, 5) is 13.6. The van der Waals surface area contributed by atoms with Crippen molar-refractivity contribution >= 4 is 5.78 Å². The van der Waals surface area contributed by atoms with E-state index in [-0.39, 0.29) is 0 Å². The summed E-state index contributed by atoms with van der Waals surface area (Å²) in [7, 11) is 0. The van der Waals surface area contributed by atoms with E-state index < -0.39 is 0 Å². The van der Waals surface area contributed by atoms with Gasteiger partial charge in [0.05, 0.1) is 0 Å². The SMILES string of the molecule is CCCC(=O)CCN1CCCC1. The van der Waals surface area contributed by atoms with Crippen LogP contribution in [0.1, 0.15) is 39.0 Å². The van der Waals surface area contributed by atoms with Crippen molar-refractivity contribution in [1.29, 1.82) is 0 Å². The Hall–Kier alpha value is -0.370. The van der Waals surface area contributed by atoms with Crippen LogP contribution in [0, 0.1) is 0 Å². The van der Waals surface area contributed by atoms with E-state index in [0.29, 0.717) is 5.78 Å². The fourth-order valence-corrected chi connectivity index (χ4v) is 1.69. The number of rotatable bonds is 5. The largest absolute Gasteiger partial charge is 0.303 e. The highest BCUT2D eigenvalue weighted by molar-refractivity contribution is 5.78. The van der Waals surface area contributed by atoms with Crippen LogP contribution in [0.4, 0.5) is 0 Å². The number of ketones is 1. The number of hydrogen-bond acceptors (Lipinski definition) is 2. The van der Waals surface area contributed by atoms with Gasteiger partial charge in [0.2, 0.25) is 0 Å². The van der Waals surface area contributed by atoms with E-state index in [0.717, 1.165) is 25.8 Å². The molecule has 0 radical (unpaired) electrons. The molecule has 0 amide bonds. The third-order valence-electron chi connectivity index (χ3n) is 2.43. The Kier molecular flexibility index (Phi) is 4.30. The Morgan fingerprint density at radius 1 is 1.25 bits per heavy atom. The highest BCUT2D eigenvalue weighted by Gasteiger charge is 2.11. The monoisotopic (exact) mass is 169 g/mol. The molecule has 0 atom stereocenters. The first kappa shape index (κ1) is 9.72. The summed E-state index contributed by atoms with van der Waals surface area (Å²) in [5, 5.41) is 0. The maximum atomic E-state index is 11.2. The van der Waals surface area contributed by atoms with Crippen molar-refractivity contribution in [3.63, 3.8) is 0 Å². The van der Waals surface area contributed by atoms with Gasteiger partial charge >= 0.3 is 0 Å². The van der Waals surface area contributed by atoms with Crippen molar-refractivity contribution in [2.24, 2.45) is 0 Å². The number of likely N-dealkylation sites (tertiary alicyclic amines) is 1. The maximum absolute atomic E-state index is 11.2. The molecule has 1 aliphatic rings. The highest BCUT2D eigenvalue weighted by Crippen LogP contribution is 2.08. The van der Waals surface area contributed by atoms with Gasteiger partial charge in [-0.25, -0.2) is 0 Å². The fraction of sp³-hybridized carbons (Fsp3) is 0.900. The molecule has 0 aliphatic carbocycles. The Morgan fingerprint density at radius 2 is 1.92 bits per heavy atom. The molecule has 0 spiro atoms. The van der Waals surface area contributed by atoms with Crippen LogP contribution in [0.25, 0.3) is 0 Å². The van der Waals surface area contributed by atoms with Crippen molar-refractivity contribution in [1.82, 2.24) is 4.90 Å². The lowest BCUT2D eigenvalue weighted by molar-refractivity contribution is -0.119. The van der Waals surface area contributed by atoms with Gasteiger partial charge in [0.25, 0.3) is 0 Å². The van der Waals surface area contributed by atoms with Crippen LogP contribution in [-0.2, 0) is 4.79 Å². The predicted octanol–water partition coefficient (Wildman–Crippen LogP) is 1.84. The van der Waals surface area contributed by atoms with E-state index in [4.69, 9.17) is 0 Å². The first-order valence-corrected chi connectivity index (χ1v) is 5.07. The normalized spacial score (nSPS) is 18.4. The highest BCUT2D eigenvalue weighted by atomic mass is 16.1. The zero-order valence-corrected chi connectivity index (χ0v) is 8.01. The summed E-state index contributed by atoms with van der Waals surface area (Å²) in [6, 6.07) is 0. The molecule has 70 valence electrons. The molecule has 0 N–H and O–H groups in total. The average molecular weight is 169 g/mol. The molecule has 0 bridgehead atoms. The topological polar surface area (TPSA) is 20.3 Å². The third kappa shape index (κ3) is 3.35. The third-order valence-corrected chi connectivity index (χ3v) is 2.43. The van der Waals surface area contributed by atoms with Crippen molar-refractivity contribution < 1.29 is 4.79 Å². The number of nitrogens with zero attached hydrogens (tertiary/aromatic N) is 1. The predicted molar refractivity (Wildman–Crippen MR) is 50.2 cm³/mol. The summed E-state index contributed by atoms with van der Waals surface area (Å²) in [6.07, 6.45) is 5.18. The number of Topliss-reactive ketones (excluding diaryl/α,β-unsaturated/α-hetero) is 1. The van der Waals surface area contributed by atoms with E-state index in [1.165, 1.54) is 25.9 Å². The van der Waals surface area contributed by atoms with Gasteiger partial charge in [0.1, 0.15) is 5.78 Å². The van der Waals surface area contributed by atoms with Gasteiger partial charge in [-0.3, -0.25) is 4.79 Å². The molecule has 2 heteroatoms. The second-order valence-corrected chi connectivity index (χ2v) is 3.59. The van der Waals surface area contributed by atoms with Crippen LogP contribution in [0.5, 0.6) is 0 Å². The van der Waals surface area contributed by atoms with E-state index in [1.54, 1.807) is 0 Å². The number of carbonyl (C=O) groups excluding carboxylic acids is 1. The van der Waals surface area contributed by atoms with E-state index >= 15 is 0 Å². The molecule has 0 aromatic rings. The second kappa shape index (κ2) is 5.31. The Balaban J connectivity index is 2.03. The fourth-order valence-electron chi connectivity index (χ4n) is 1.69. The minimum absolute atomic E-state index is 0.435. The molecule has 1 saturated heterocycles. The smallest absolute Gasteiger partial charge is 0.134 e. The summed E-state index contributed by atoms with van der Waals surface area (Å²) < 4.78 is 0. The lowest BCUT2D eigenvalue weighted by atomic mass is 10.2. The molecule has 0 aromatic heterocycles. The van der Waals surface area contributed by atoms with Crippen molar-refractivity contribution in [2.45, 2.75) is 39.0 Å². The quantitative estimate of drug-likeness (QED) is 0.626. The van der Waals surface area contributed by atoms with Crippen LogP contribution in [-0.4, -0.2) is 30.3 Å².